The van der Waals surface area contributed by atoms with E-state index >= 15 is 0 Å². The summed E-state index contributed by atoms with van der Waals surface area (Å²) in [4.78, 5) is 11.7. The largest absolute Gasteiger partial charge is 0.319 e. The molecule has 0 amide bonds. The number of hydrogen-bond acceptors (Lipinski definition) is 3. The fourth-order valence-corrected chi connectivity index (χ4v) is 2.28. The van der Waals surface area contributed by atoms with E-state index in [2.05, 4.69) is 20.4 Å². The minimum atomic E-state index is 0.0804. The van der Waals surface area contributed by atoms with Crippen molar-refractivity contribution in [2.24, 2.45) is 11.7 Å². The van der Waals surface area contributed by atoms with Crippen LogP contribution in [0.3, 0.4) is 0 Å². The normalized spacial score (nSPS) is 14.9. The first-order valence-electron chi connectivity index (χ1n) is 5.05. The maximum atomic E-state index is 10.8. The first-order chi connectivity index (χ1) is 6.45. The topological polar surface area (TPSA) is 43.1 Å². The van der Waals surface area contributed by atoms with Crippen molar-refractivity contribution in [3.05, 3.63) is 11.5 Å². The molecule has 14 heavy (non-hydrogen) atoms. The summed E-state index contributed by atoms with van der Waals surface area (Å²) in [5.74, 6) is 0.792. The van der Waals surface area contributed by atoms with Gasteiger partial charge < -0.3 is 5.73 Å². The van der Waals surface area contributed by atoms with Crippen molar-refractivity contribution < 1.29 is 4.79 Å². The van der Waals surface area contributed by atoms with Crippen molar-refractivity contribution in [2.45, 2.75) is 45.4 Å². The van der Waals surface area contributed by atoms with E-state index < -0.39 is 0 Å². The van der Waals surface area contributed by atoms with Crippen LogP contribution in [0.15, 0.2) is 11.5 Å². The summed E-state index contributed by atoms with van der Waals surface area (Å²) < 4.78 is 0. The summed E-state index contributed by atoms with van der Waals surface area (Å²) >= 11 is 1.53. The van der Waals surface area contributed by atoms with Crippen LogP contribution in [0.4, 0.5) is 0 Å². The lowest BCUT2D eigenvalue weighted by Crippen LogP contribution is -2.18. The molecule has 0 heterocycles. The molecule has 0 aromatic carbocycles. The molecule has 0 fully saturated rings. The molecule has 2 atom stereocenters. The monoisotopic (exact) mass is 215 g/mol. The number of rotatable bonds is 7. The van der Waals surface area contributed by atoms with Crippen LogP contribution in [-0.4, -0.2) is 11.2 Å². The summed E-state index contributed by atoms with van der Waals surface area (Å²) in [6.07, 6.45) is 2.57. The molecule has 0 aromatic heterocycles. The summed E-state index contributed by atoms with van der Waals surface area (Å²) in [6.45, 7) is 9.75. The Hall–Kier alpha value is -0.280. The van der Waals surface area contributed by atoms with Gasteiger partial charge in [-0.15, -0.1) is 11.8 Å². The van der Waals surface area contributed by atoms with Gasteiger partial charge in [-0.05, 0) is 24.2 Å². The number of carbonyl (C=O) groups excluding carboxylic acids is 1. The van der Waals surface area contributed by atoms with E-state index in [9.17, 15) is 4.79 Å². The van der Waals surface area contributed by atoms with Gasteiger partial charge in [0.25, 0.3) is 0 Å². The molecule has 0 saturated heterocycles. The molecule has 3 heteroatoms. The van der Waals surface area contributed by atoms with E-state index in [-0.39, 0.29) is 11.2 Å². The van der Waals surface area contributed by atoms with Crippen LogP contribution >= 0.6 is 11.8 Å². The minimum absolute atomic E-state index is 0.0804. The second kappa shape index (κ2) is 7.07. The molecule has 0 aliphatic carbocycles. The van der Waals surface area contributed by atoms with Crippen molar-refractivity contribution in [2.75, 3.05) is 0 Å². The molecule has 0 spiro atoms. The number of nitrogens with two attached hydrogens (primary N) is 1. The molecule has 2 unspecified atom stereocenters. The fourth-order valence-electron chi connectivity index (χ4n) is 1.14. The Bertz CT molecular complexity index is 203. The standard InChI is InChI=1S/C11H21NOS/c1-5-8(2)6-11(12)14-10(4)7-9(3)13/h8,11H,4-7,12H2,1-3H3. The molecule has 2 nitrogen and oxygen atoms in total. The molecule has 0 radical (unpaired) electrons. The molecule has 0 aliphatic rings. The third kappa shape index (κ3) is 7.15. The number of thioether (sulfide) groups is 1. The van der Waals surface area contributed by atoms with Gasteiger partial charge in [-0.2, -0.15) is 0 Å². The molecule has 0 bridgehead atoms. The molecule has 0 aliphatic heterocycles. The van der Waals surface area contributed by atoms with Gasteiger partial charge in [0.1, 0.15) is 5.78 Å². The highest BCUT2D eigenvalue weighted by atomic mass is 32.2. The van der Waals surface area contributed by atoms with Gasteiger partial charge in [0.15, 0.2) is 0 Å². The number of allylic oxidation sites excluding steroid dienone is 1. The number of hydrogen-bond donors (Lipinski definition) is 1. The summed E-state index contributed by atoms with van der Waals surface area (Å²) in [6, 6.07) is 0. The smallest absolute Gasteiger partial charge is 0.134 e. The average molecular weight is 215 g/mol. The van der Waals surface area contributed by atoms with Gasteiger partial charge in [-0.25, -0.2) is 0 Å². The van der Waals surface area contributed by atoms with Gasteiger partial charge in [0, 0.05) is 6.42 Å². The van der Waals surface area contributed by atoms with Gasteiger partial charge in [-0.3, -0.25) is 4.79 Å². The molecule has 82 valence electrons. The van der Waals surface area contributed by atoms with Crippen molar-refractivity contribution in [3.63, 3.8) is 0 Å². The number of carbonyl (C=O) groups is 1. The maximum absolute atomic E-state index is 10.8. The Morgan fingerprint density at radius 1 is 1.57 bits per heavy atom. The van der Waals surface area contributed by atoms with Crippen molar-refractivity contribution in [3.8, 4) is 0 Å². The Morgan fingerprint density at radius 3 is 2.57 bits per heavy atom. The van der Waals surface area contributed by atoms with Crippen LogP contribution in [0, 0.1) is 5.92 Å². The van der Waals surface area contributed by atoms with Crippen LogP contribution in [-0.2, 0) is 4.79 Å². The van der Waals surface area contributed by atoms with E-state index in [0.29, 0.717) is 12.3 Å². The Kier molecular flexibility index (Phi) is 6.93. The van der Waals surface area contributed by atoms with Crippen molar-refractivity contribution >= 4 is 17.5 Å². The highest BCUT2D eigenvalue weighted by Gasteiger charge is 2.10. The lowest BCUT2D eigenvalue weighted by atomic mass is 10.1. The lowest BCUT2D eigenvalue weighted by Gasteiger charge is -2.16. The molecule has 0 rings (SSSR count). The van der Waals surface area contributed by atoms with E-state index in [1.165, 1.54) is 11.8 Å². The summed E-state index contributed by atoms with van der Waals surface area (Å²) in [5.41, 5.74) is 5.92. The quantitative estimate of drug-likeness (QED) is 0.664. The molecule has 2 N–H and O–H groups in total. The second-order valence-electron chi connectivity index (χ2n) is 3.82. The van der Waals surface area contributed by atoms with Crippen LogP contribution in [0.25, 0.3) is 0 Å². The van der Waals surface area contributed by atoms with Gasteiger partial charge in [-0.1, -0.05) is 26.8 Å². The van der Waals surface area contributed by atoms with Gasteiger partial charge in [0.2, 0.25) is 0 Å². The average Bonchev–Trinajstić information content (AvgIpc) is 2.01. The Morgan fingerprint density at radius 2 is 2.14 bits per heavy atom. The predicted octanol–water partition coefficient (Wildman–Crippen LogP) is 2.93. The molecular formula is C11H21NOS. The Balaban J connectivity index is 3.76. The first-order valence-corrected chi connectivity index (χ1v) is 5.93. The van der Waals surface area contributed by atoms with Crippen molar-refractivity contribution in [1.82, 2.24) is 0 Å². The predicted molar refractivity (Wildman–Crippen MR) is 64.1 cm³/mol. The zero-order valence-corrected chi connectivity index (χ0v) is 10.2. The number of Topliss-reactive ketones (excluding diaryl/α,β-unsaturated/α-hetero) is 1. The van der Waals surface area contributed by atoms with E-state index in [0.717, 1.165) is 17.7 Å². The zero-order chi connectivity index (χ0) is 11.1. The molecular weight excluding hydrogens is 194 g/mol. The van der Waals surface area contributed by atoms with Crippen LogP contribution in [0.5, 0.6) is 0 Å². The maximum Gasteiger partial charge on any atom is 0.134 e. The lowest BCUT2D eigenvalue weighted by molar-refractivity contribution is -0.116. The zero-order valence-electron chi connectivity index (χ0n) is 9.38. The highest BCUT2D eigenvalue weighted by molar-refractivity contribution is 8.03. The molecule has 0 saturated carbocycles. The number of ketones is 1. The van der Waals surface area contributed by atoms with Crippen LogP contribution in [0.1, 0.15) is 40.0 Å². The fraction of sp³-hybridized carbons (Fsp3) is 0.727. The highest BCUT2D eigenvalue weighted by Crippen LogP contribution is 2.25. The van der Waals surface area contributed by atoms with Gasteiger partial charge in [0.05, 0.1) is 5.37 Å². The molecule has 0 aromatic rings. The van der Waals surface area contributed by atoms with Crippen LogP contribution in [0.2, 0.25) is 0 Å². The van der Waals surface area contributed by atoms with Crippen LogP contribution < -0.4 is 5.73 Å². The second-order valence-corrected chi connectivity index (χ2v) is 5.24. The summed E-state index contributed by atoms with van der Waals surface area (Å²) in [7, 11) is 0. The first kappa shape index (κ1) is 13.7. The van der Waals surface area contributed by atoms with Crippen molar-refractivity contribution in [1.29, 1.82) is 0 Å². The SMILES string of the molecule is C=C(CC(C)=O)SC(N)CC(C)CC. The van der Waals surface area contributed by atoms with E-state index in [1.807, 2.05) is 0 Å². The van der Waals surface area contributed by atoms with Gasteiger partial charge >= 0.3 is 0 Å². The third-order valence-corrected chi connectivity index (χ3v) is 3.07. The Labute approximate surface area is 91.3 Å². The van der Waals surface area contributed by atoms with E-state index in [4.69, 9.17) is 5.73 Å². The third-order valence-electron chi connectivity index (χ3n) is 2.10. The van der Waals surface area contributed by atoms with E-state index in [1.54, 1.807) is 6.92 Å². The minimum Gasteiger partial charge on any atom is -0.319 e. The summed E-state index contributed by atoms with van der Waals surface area (Å²) in [5, 5.41) is 0.0804.